The van der Waals surface area contributed by atoms with Gasteiger partial charge in [-0.05, 0) is 36.4 Å². The number of hydrogen-bond donors (Lipinski definition) is 1. The molecular formula is C19H20FN3O2. The summed E-state index contributed by atoms with van der Waals surface area (Å²) in [7, 11) is 2.04. The lowest BCUT2D eigenvalue weighted by molar-refractivity contribution is -0.0757. The predicted molar refractivity (Wildman–Crippen MR) is 91.4 cm³/mol. The van der Waals surface area contributed by atoms with Crippen LogP contribution >= 0.6 is 0 Å². The van der Waals surface area contributed by atoms with Gasteiger partial charge in [0.2, 0.25) is 0 Å². The molecule has 0 spiro atoms. The minimum atomic E-state index is -0.265. The van der Waals surface area contributed by atoms with Crippen LogP contribution in [0.1, 0.15) is 11.4 Å². The Morgan fingerprint density at radius 2 is 2.04 bits per heavy atom. The van der Waals surface area contributed by atoms with Gasteiger partial charge in [-0.15, -0.1) is 0 Å². The second kappa shape index (κ2) is 6.46. The van der Waals surface area contributed by atoms with E-state index < -0.39 is 0 Å². The number of halogens is 1. The quantitative estimate of drug-likeness (QED) is 0.749. The van der Waals surface area contributed by atoms with Crippen LogP contribution in [0, 0.1) is 5.82 Å². The van der Waals surface area contributed by atoms with Crippen molar-refractivity contribution in [3.8, 4) is 11.3 Å². The zero-order valence-electron chi connectivity index (χ0n) is 14.0. The number of hydrogen-bond acceptors (Lipinski definition) is 4. The molecule has 1 fully saturated rings. The third-order valence-corrected chi connectivity index (χ3v) is 4.66. The van der Waals surface area contributed by atoms with Crippen molar-refractivity contribution in [2.75, 3.05) is 13.2 Å². The summed E-state index contributed by atoms with van der Waals surface area (Å²) in [4.78, 5) is 0. The number of nitrogens with zero attached hydrogens (tertiary/aromatic N) is 2. The van der Waals surface area contributed by atoms with Crippen LogP contribution in [0.25, 0.3) is 11.3 Å². The molecule has 0 saturated carbocycles. The number of rotatable bonds is 6. The Kier molecular flexibility index (Phi) is 4.15. The van der Waals surface area contributed by atoms with Gasteiger partial charge in [0.15, 0.2) is 5.76 Å². The van der Waals surface area contributed by atoms with Crippen molar-refractivity contribution in [3.05, 3.63) is 65.9 Å². The average molecular weight is 341 g/mol. The number of ether oxygens (including phenoxy) is 1. The first-order valence-corrected chi connectivity index (χ1v) is 8.28. The molecule has 6 heteroatoms. The molecule has 1 N–H and O–H groups in total. The lowest BCUT2D eigenvalue weighted by Gasteiger charge is -2.42. The molecule has 1 aliphatic heterocycles. The van der Waals surface area contributed by atoms with E-state index in [-0.39, 0.29) is 11.4 Å². The van der Waals surface area contributed by atoms with E-state index in [0.29, 0.717) is 19.0 Å². The standard InChI is InChI=1S/C19H20FN3O2/c1-23-8-2-3-17(23)11-21-19(12-24-13-19)10-16-9-18(25-22-16)14-4-6-15(20)7-5-14/h2-9,21H,10-13H2,1H3. The molecule has 3 aromatic rings. The van der Waals surface area contributed by atoms with Gasteiger partial charge in [0.1, 0.15) is 5.82 Å². The van der Waals surface area contributed by atoms with Crippen molar-refractivity contribution < 1.29 is 13.7 Å². The Morgan fingerprint density at radius 1 is 1.24 bits per heavy atom. The van der Waals surface area contributed by atoms with Crippen molar-refractivity contribution in [2.45, 2.75) is 18.5 Å². The maximum Gasteiger partial charge on any atom is 0.167 e. The molecule has 2 aromatic heterocycles. The molecule has 0 unspecified atom stereocenters. The summed E-state index contributed by atoms with van der Waals surface area (Å²) < 4.78 is 26.0. The topological polar surface area (TPSA) is 52.2 Å². The second-order valence-electron chi connectivity index (χ2n) is 6.60. The Balaban J connectivity index is 1.45. The molecule has 0 aliphatic carbocycles. The van der Waals surface area contributed by atoms with E-state index in [0.717, 1.165) is 24.2 Å². The van der Waals surface area contributed by atoms with Crippen molar-refractivity contribution in [1.29, 1.82) is 0 Å². The van der Waals surface area contributed by atoms with Gasteiger partial charge in [-0.25, -0.2) is 4.39 Å². The summed E-state index contributed by atoms with van der Waals surface area (Å²) in [5.41, 5.74) is 2.78. The Labute approximate surface area is 145 Å². The van der Waals surface area contributed by atoms with Crippen molar-refractivity contribution in [2.24, 2.45) is 7.05 Å². The lowest BCUT2D eigenvalue weighted by Crippen LogP contribution is -2.61. The van der Waals surface area contributed by atoms with E-state index in [2.05, 4.69) is 21.1 Å². The van der Waals surface area contributed by atoms with E-state index in [4.69, 9.17) is 9.26 Å². The van der Waals surface area contributed by atoms with Gasteiger partial charge in [0, 0.05) is 43.5 Å². The van der Waals surface area contributed by atoms with Gasteiger partial charge in [0.25, 0.3) is 0 Å². The maximum absolute atomic E-state index is 13.0. The molecule has 1 aliphatic rings. The number of nitrogens with one attached hydrogen (secondary N) is 1. The van der Waals surface area contributed by atoms with Crippen LogP contribution in [-0.2, 0) is 24.8 Å². The monoisotopic (exact) mass is 341 g/mol. The fourth-order valence-electron chi connectivity index (χ4n) is 3.07. The highest BCUT2D eigenvalue weighted by Gasteiger charge is 2.39. The van der Waals surface area contributed by atoms with Gasteiger partial charge >= 0.3 is 0 Å². The van der Waals surface area contributed by atoms with Crippen molar-refractivity contribution in [1.82, 2.24) is 15.0 Å². The number of benzene rings is 1. The minimum absolute atomic E-state index is 0.124. The summed E-state index contributed by atoms with van der Waals surface area (Å²) in [6.07, 6.45) is 2.76. The van der Waals surface area contributed by atoms with E-state index in [1.165, 1.54) is 17.8 Å². The van der Waals surface area contributed by atoms with Crippen LogP contribution in [0.2, 0.25) is 0 Å². The molecule has 4 rings (SSSR count). The molecule has 130 valence electrons. The fraction of sp³-hybridized carbons (Fsp3) is 0.316. The molecule has 25 heavy (non-hydrogen) atoms. The first-order valence-electron chi connectivity index (χ1n) is 8.28. The smallest absolute Gasteiger partial charge is 0.167 e. The molecule has 0 bridgehead atoms. The van der Waals surface area contributed by atoms with Gasteiger partial charge in [-0.3, -0.25) is 0 Å². The maximum atomic E-state index is 13.0. The summed E-state index contributed by atoms with van der Waals surface area (Å²) in [6, 6.07) is 12.3. The molecule has 0 amide bonds. The van der Waals surface area contributed by atoms with E-state index in [1.807, 2.05) is 25.4 Å². The summed E-state index contributed by atoms with van der Waals surface area (Å²) in [6.45, 7) is 2.07. The van der Waals surface area contributed by atoms with E-state index in [9.17, 15) is 4.39 Å². The zero-order chi connectivity index (χ0) is 17.3. The number of aromatic nitrogens is 2. The first kappa shape index (κ1) is 16.1. The molecular weight excluding hydrogens is 321 g/mol. The van der Waals surface area contributed by atoms with E-state index >= 15 is 0 Å². The van der Waals surface area contributed by atoms with Crippen molar-refractivity contribution >= 4 is 0 Å². The third kappa shape index (κ3) is 3.36. The molecule has 0 atom stereocenters. The van der Waals surface area contributed by atoms with Gasteiger partial charge in [0.05, 0.1) is 24.4 Å². The SMILES string of the molecule is Cn1cccc1CNC1(Cc2cc(-c3ccc(F)cc3)on2)COC1. The second-order valence-corrected chi connectivity index (χ2v) is 6.60. The van der Waals surface area contributed by atoms with Crippen molar-refractivity contribution in [3.63, 3.8) is 0 Å². The summed E-state index contributed by atoms with van der Waals surface area (Å²) in [5, 5.41) is 7.78. The lowest BCUT2D eigenvalue weighted by atomic mass is 9.91. The summed E-state index contributed by atoms with van der Waals surface area (Å²) in [5.74, 6) is 0.381. The number of aryl methyl sites for hydroxylation is 1. The highest BCUT2D eigenvalue weighted by Crippen LogP contribution is 2.26. The molecule has 5 nitrogen and oxygen atoms in total. The fourth-order valence-corrected chi connectivity index (χ4v) is 3.07. The molecule has 1 saturated heterocycles. The van der Waals surface area contributed by atoms with Crippen LogP contribution in [0.3, 0.4) is 0 Å². The average Bonchev–Trinajstić information content (AvgIpc) is 3.20. The first-order chi connectivity index (χ1) is 12.1. The zero-order valence-corrected chi connectivity index (χ0v) is 14.0. The van der Waals surface area contributed by atoms with Crippen LogP contribution in [0.15, 0.2) is 53.2 Å². The van der Waals surface area contributed by atoms with Crippen LogP contribution < -0.4 is 5.32 Å². The Bertz CT molecular complexity index is 850. The normalized spacial score (nSPS) is 15.9. The van der Waals surface area contributed by atoms with Gasteiger partial charge in [-0.1, -0.05) is 5.16 Å². The van der Waals surface area contributed by atoms with E-state index in [1.54, 1.807) is 12.1 Å². The van der Waals surface area contributed by atoms with Crippen LogP contribution in [0.4, 0.5) is 4.39 Å². The predicted octanol–water partition coefficient (Wildman–Crippen LogP) is 2.92. The largest absolute Gasteiger partial charge is 0.377 e. The van der Waals surface area contributed by atoms with Crippen LogP contribution in [-0.4, -0.2) is 28.5 Å². The molecule has 0 radical (unpaired) electrons. The van der Waals surface area contributed by atoms with Crippen LogP contribution in [0.5, 0.6) is 0 Å². The molecule has 3 heterocycles. The third-order valence-electron chi connectivity index (χ3n) is 4.66. The van der Waals surface area contributed by atoms with Gasteiger partial charge in [-0.2, -0.15) is 0 Å². The Hall–Kier alpha value is -2.44. The molecule has 1 aromatic carbocycles. The highest BCUT2D eigenvalue weighted by molar-refractivity contribution is 5.57. The highest BCUT2D eigenvalue weighted by atomic mass is 19.1. The summed E-state index contributed by atoms with van der Waals surface area (Å²) >= 11 is 0. The minimum Gasteiger partial charge on any atom is -0.377 e. The Morgan fingerprint density at radius 3 is 2.68 bits per heavy atom. The van der Waals surface area contributed by atoms with Gasteiger partial charge < -0.3 is 19.1 Å².